The lowest BCUT2D eigenvalue weighted by molar-refractivity contribution is 0.104. The van der Waals surface area contributed by atoms with E-state index in [1.54, 1.807) is 46.6 Å². The average molecular weight is 313 g/mol. The van der Waals surface area contributed by atoms with Gasteiger partial charge in [-0.15, -0.1) is 11.3 Å². The van der Waals surface area contributed by atoms with E-state index >= 15 is 0 Å². The molecule has 0 aliphatic carbocycles. The third-order valence-corrected chi connectivity index (χ3v) is 4.35. The normalized spacial score (nSPS) is 14.6. The number of anilines is 1. The van der Waals surface area contributed by atoms with E-state index < -0.39 is 0 Å². The summed E-state index contributed by atoms with van der Waals surface area (Å²) >= 11 is 1.65. The monoisotopic (exact) mass is 313 g/mol. The topological polar surface area (TPSA) is 46.6 Å². The number of ketones is 1. The van der Waals surface area contributed by atoms with Crippen LogP contribution in [0.1, 0.15) is 20.1 Å². The molecule has 5 heteroatoms. The van der Waals surface area contributed by atoms with E-state index in [1.807, 2.05) is 25.1 Å². The van der Waals surface area contributed by atoms with Gasteiger partial charge < -0.3 is 4.74 Å². The molecule has 1 fully saturated rings. The van der Waals surface area contributed by atoms with E-state index in [1.165, 1.54) is 4.88 Å². The van der Waals surface area contributed by atoms with Crippen LogP contribution < -0.4 is 4.90 Å². The molecule has 0 bridgehead atoms. The first kappa shape index (κ1) is 14.5. The average Bonchev–Trinajstić information content (AvgIpc) is 3.13. The van der Waals surface area contributed by atoms with E-state index in [-0.39, 0.29) is 11.9 Å². The van der Waals surface area contributed by atoms with Crippen molar-refractivity contribution in [2.45, 2.75) is 6.92 Å². The molecule has 0 unspecified atom stereocenters. The van der Waals surface area contributed by atoms with Gasteiger partial charge in [-0.3, -0.25) is 9.69 Å². The number of thiophene rings is 1. The predicted molar refractivity (Wildman–Crippen MR) is 87.6 cm³/mol. The number of cyclic esters (lactones) is 1. The van der Waals surface area contributed by atoms with Crippen LogP contribution >= 0.6 is 11.3 Å². The van der Waals surface area contributed by atoms with Gasteiger partial charge in [0.25, 0.3) is 0 Å². The number of nitrogens with zero attached hydrogens (tertiary/aromatic N) is 1. The van der Waals surface area contributed by atoms with Crippen LogP contribution in [0.15, 0.2) is 42.5 Å². The molecule has 0 radical (unpaired) electrons. The molecule has 1 saturated heterocycles. The number of rotatable bonds is 4. The van der Waals surface area contributed by atoms with Gasteiger partial charge in [0.2, 0.25) is 0 Å². The third-order valence-electron chi connectivity index (χ3n) is 3.38. The molecular formula is C17H15NO3S. The van der Waals surface area contributed by atoms with Crippen molar-refractivity contribution in [3.63, 3.8) is 0 Å². The number of carbonyl (C=O) groups is 2. The fourth-order valence-electron chi connectivity index (χ4n) is 2.23. The Hall–Kier alpha value is -2.40. The second-order valence-corrected chi connectivity index (χ2v) is 6.28. The zero-order valence-corrected chi connectivity index (χ0v) is 12.9. The van der Waals surface area contributed by atoms with E-state index in [9.17, 15) is 9.59 Å². The summed E-state index contributed by atoms with van der Waals surface area (Å²) in [4.78, 5) is 27.4. The number of allylic oxidation sites excluding steroid dienone is 1. The molecule has 1 aromatic heterocycles. The van der Waals surface area contributed by atoms with Crippen molar-refractivity contribution in [2.24, 2.45) is 0 Å². The van der Waals surface area contributed by atoms with Crippen molar-refractivity contribution in [1.29, 1.82) is 0 Å². The second-order valence-electron chi connectivity index (χ2n) is 4.96. The van der Waals surface area contributed by atoms with Gasteiger partial charge in [-0.05, 0) is 55.5 Å². The highest BCUT2D eigenvalue weighted by Crippen LogP contribution is 2.20. The van der Waals surface area contributed by atoms with Crippen LogP contribution in [0.3, 0.4) is 0 Å². The fourth-order valence-corrected chi connectivity index (χ4v) is 3.01. The lowest BCUT2D eigenvalue weighted by Crippen LogP contribution is -2.23. The molecule has 2 aromatic rings. The highest BCUT2D eigenvalue weighted by Gasteiger charge is 2.23. The first-order valence-electron chi connectivity index (χ1n) is 6.97. The smallest absolute Gasteiger partial charge is 0.414 e. The maximum absolute atomic E-state index is 12.1. The fraction of sp³-hybridized carbons (Fsp3) is 0.176. The molecule has 1 aromatic carbocycles. The molecule has 1 amide bonds. The quantitative estimate of drug-likeness (QED) is 0.635. The van der Waals surface area contributed by atoms with Crippen molar-refractivity contribution in [3.05, 3.63) is 57.8 Å². The SMILES string of the molecule is Cc1ccc(C=CC(=O)c2ccc(N3CCOC3=O)cc2)s1. The van der Waals surface area contributed by atoms with Gasteiger partial charge in [0.05, 0.1) is 6.54 Å². The number of hydrogen-bond acceptors (Lipinski definition) is 4. The summed E-state index contributed by atoms with van der Waals surface area (Å²) in [6.07, 6.45) is 3.06. The summed E-state index contributed by atoms with van der Waals surface area (Å²) < 4.78 is 4.90. The molecule has 0 saturated carbocycles. The Labute approximate surface area is 132 Å². The van der Waals surface area contributed by atoms with Crippen molar-refractivity contribution in [3.8, 4) is 0 Å². The van der Waals surface area contributed by atoms with Gasteiger partial charge in [-0.25, -0.2) is 4.79 Å². The van der Waals surface area contributed by atoms with Gasteiger partial charge in [-0.1, -0.05) is 0 Å². The molecule has 0 N–H and O–H groups in total. The minimum absolute atomic E-state index is 0.0541. The lowest BCUT2D eigenvalue weighted by Gasteiger charge is -2.12. The number of amides is 1. The van der Waals surface area contributed by atoms with Crippen molar-refractivity contribution < 1.29 is 14.3 Å². The first-order valence-corrected chi connectivity index (χ1v) is 7.78. The van der Waals surface area contributed by atoms with Gasteiger partial charge in [-0.2, -0.15) is 0 Å². The van der Waals surface area contributed by atoms with Crippen molar-refractivity contribution >= 4 is 35.0 Å². The van der Waals surface area contributed by atoms with E-state index in [2.05, 4.69) is 0 Å². The molecular weight excluding hydrogens is 298 g/mol. The number of ether oxygens (including phenoxy) is 1. The molecule has 2 heterocycles. The summed E-state index contributed by atoms with van der Waals surface area (Å²) in [5.41, 5.74) is 1.35. The number of aryl methyl sites for hydroxylation is 1. The minimum atomic E-state index is -0.341. The second kappa shape index (κ2) is 6.15. The zero-order valence-electron chi connectivity index (χ0n) is 12.1. The van der Waals surface area contributed by atoms with Gasteiger partial charge in [0, 0.05) is 21.0 Å². The van der Waals surface area contributed by atoms with Gasteiger partial charge >= 0.3 is 6.09 Å². The molecule has 1 aliphatic heterocycles. The molecule has 112 valence electrons. The largest absolute Gasteiger partial charge is 0.447 e. The Bertz CT molecular complexity index is 731. The molecule has 0 spiro atoms. The van der Waals surface area contributed by atoms with E-state index in [4.69, 9.17) is 4.74 Å². The predicted octanol–water partition coefficient (Wildman–Crippen LogP) is 3.91. The van der Waals surface area contributed by atoms with E-state index in [0.717, 1.165) is 10.6 Å². The molecule has 0 atom stereocenters. The van der Waals surface area contributed by atoms with Crippen LogP contribution in [0.25, 0.3) is 6.08 Å². The highest BCUT2D eigenvalue weighted by atomic mass is 32.1. The van der Waals surface area contributed by atoms with Crippen LogP contribution in [-0.4, -0.2) is 25.0 Å². The maximum atomic E-state index is 12.1. The van der Waals surface area contributed by atoms with Gasteiger partial charge in [0.15, 0.2) is 5.78 Å². The molecule has 3 rings (SSSR count). The number of benzene rings is 1. The summed E-state index contributed by atoms with van der Waals surface area (Å²) in [6.45, 7) is 2.98. The van der Waals surface area contributed by atoms with Crippen LogP contribution in [0.2, 0.25) is 0 Å². The Morgan fingerprint density at radius 3 is 2.59 bits per heavy atom. The van der Waals surface area contributed by atoms with Crippen LogP contribution in [0, 0.1) is 6.92 Å². The summed E-state index contributed by atoms with van der Waals surface area (Å²) in [5, 5.41) is 0. The van der Waals surface area contributed by atoms with Crippen LogP contribution in [0.5, 0.6) is 0 Å². The van der Waals surface area contributed by atoms with Gasteiger partial charge in [0.1, 0.15) is 6.61 Å². The Balaban J connectivity index is 1.71. The van der Waals surface area contributed by atoms with Crippen molar-refractivity contribution in [2.75, 3.05) is 18.1 Å². The third kappa shape index (κ3) is 3.09. The number of hydrogen-bond donors (Lipinski definition) is 0. The maximum Gasteiger partial charge on any atom is 0.414 e. The number of carbonyl (C=O) groups excluding carboxylic acids is 2. The van der Waals surface area contributed by atoms with Crippen molar-refractivity contribution in [1.82, 2.24) is 0 Å². The zero-order chi connectivity index (χ0) is 15.5. The standard InChI is InChI=1S/C17H15NO3S/c1-12-2-7-15(22-12)8-9-16(19)13-3-5-14(6-4-13)18-10-11-21-17(18)20/h2-9H,10-11H2,1H3. The lowest BCUT2D eigenvalue weighted by atomic mass is 10.1. The Morgan fingerprint density at radius 1 is 1.23 bits per heavy atom. The Morgan fingerprint density at radius 2 is 2.00 bits per heavy atom. The molecule has 4 nitrogen and oxygen atoms in total. The Kier molecular flexibility index (Phi) is 4.06. The summed E-state index contributed by atoms with van der Waals surface area (Å²) in [6, 6.07) is 11.0. The van der Waals surface area contributed by atoms with E-state index in [0.29, 0.717) is 18.7 Å². The highest BCUT2D eigenvalue weighted by molar-refractivity contribution is 7.12. The summed E-state index contributed by atoms with van der Waals surface area (Å²) in [5.74, 6) is -0.0541. The minimum Gasteiger partial charge on any atom is -0.447 e. The molecule has 22 heavy (non-hydrogen) atoms. The van der Waals surface area contributed by atoms with Crippen LogP contribution in [0.4, 0.5) is 10.5 Å². The molecule has 1 aliphatic rings. The summed E-state index contributed by atoms with van der Waals surface area (Å²) in [7, 11) is 0. The first-order chi connectivity index (χ1) is 10.6. The van der Waals surface area contributed by atoms with Crippen LogP contribution in [-0.2, 0) is 4.74 Å².